The summed E-state index contributed by atoms with van der Waals surface area (Å²) in [5, 5.41) is 5.32. The molecule has 0 saturated carbocycles. The van der Waals surface area contributed by atoms with Crippen LogP contribution in [0.4, 0.5) is 0 Å². The third kappa shape index (κ3) is 3.96. The molecule has 0 aromatic carbocycles. The average molecular weight is 176 g/mol. The summed E-state index contributed by atoms with van der Waals surface area (Å²) in [6, 6.07) is 0. The molecule has 0 aromatic rings. The van der Waals surface area contributed by atoms with E-state index in [9.17, 15) is 0 Å². The molecule has 0 unspecified atom stereocenters. The minimum atomic E-state index is 0.899. The Morgan fingerprint density at radius 3 is 2.73 bits per heavy atom. The second-order valence-corrected chi connectivity index (χ2v) is 3.42. The van der Waals surface area contributed by atoms with Crippen molar-refractivity contribution in [3.05, 3.63) is 0 Å². The molecule has 0 spiro atoms. The van der Waals surface area contributed by atoms with E-state index in [2.05, 4.69) is 4.90 Å². The Bertz CT molecular complexity index is 96.4. The number of morpholine rings is 1. The van der Waals surface area contributed by atoms with Crippen LogP contribution in [0.25, 0.3) is 0 Å². The maximum Gasteiger partial charge on any atom is 0.0594 e. The van der Waals surface area contributed by atoms with Gasteiger partial charge in [-0.15, -0.1) is 0 Å². The van der Waals surface area contributed by atoms with Gasteiger partial charge >= 0.3 is 0 Å². The molecule has 0 radical (unpaired) electrons. The van der Waals surface area contributed by atoms with E-state index >= 15 is 0 Å². The van der Waals surface area contributed by atoms with Gasteiger partial charge in [0.15, 0.2) is 0 Å². The lowest BCUT2D eigenvalue weighted by atomic mass is 10.4. The van der Waals surface area contributed by atoms with Crippen LogP contribution in [0.3, 0.4) is 0 Å². The van der Waals surface area contributed by atoms with Crippen molar-refractivity contribution in [2.75, 3.05) is 38.6 Å². The van der Waals surface area contributed by atoms with Crippen LogP contribution in [0, 0.1) is 0 Å². The topological polar surface area (TPSA) is 38.5 Å². The van der Waals surface area contributed by atoms with Gasteiger partial charge in [-0.3, -0.25) is 10.0 Å². The third-order valence-electron chi connectivity index (χ3n) is 1.84. The highest BCUT2D eigenvalue weighted by Gasteiger charge is 2.08. The molecular formula is C7H16N2OS. The number of ether oxygens (including phenoxy) is 1. The standard InChI is InChI=1S/C7H16N2OS/c8-11-7-1-2-9-3-5-10-6-4-9/h1-8H2. The molecule has 4 heteroatoms. The van der Waals surface area contributed by atoms with Gasteiger partial charge in [-0.1, -0.05) is 11.9 Å². The first-order valence-electron chi connectivity index (χ1n) is 4.05. The fourth-order valence-electron chi connectivity index (χ4n) is 1.20. The van der Waals surface area contributed by atoms with Gasteiger partial charge in [-0.2, -0.15) is 0 Å². The fourth-order valence-corrected chi connectivity index (χ4v) is 1.49. The van der Waals surface area contributed by atoms with Crippen LogP contribution < -0.4 is 5.14 Å². The zero-order valence-corrected chi connectivity index (χ0v) is 7.61. The molecule has 3 nitrogen and oxygen atoms in total. The van der Waals surface area contributed by atoms with Crippen LogP contribution in [0.1, 0.15) is 6.42 Å². The van der Waals surface area contributed by atoms with E-state index in [4.69, 9.17) is 9.88 Å². The van der Waals surface area contributed by atoms with Crippen LogP contribution in [0.5, 0.6) is 0 Å². The van der Waals surface area contributed by atoms with Gasteiger partial charge in [-0.25, -0.2) is 0 Å². The van der Waals surface area contributed by atoms with E-state index < -0.39 is 0 Å². The second kappa shape index (κ2) is 5.83. The number of nitrogens with two attached hydrogens (primary N) is 1. The first kappa shape index (κ1) is 9.32. The fraction of sp³-hybridized carbons (Fsp3) is 1.00. The summed E-state index contributed by atoms with van der Waals surface area (Å²) in [6.45, 7) is 5.16. The van der Waals surface area contributed by atoms with E-state index in [-0.39, 0.29) is 0 Å². The van der Waals surface area contributed by atoms with Crippen molar-refractivity contribution in [2.45, 2.75) is 6.42 Å². The number of hydrogen-bond donors (Lipinski definition) is 1. The summed E-state index contributed by atoms with van der Waals surface area (Å²) in [5.41, 5.74) is 0. The molecule has 1 aliphatic rings. The van der Waals surface area contributed by atoms with Gasteiger partial charge in [0.2, 0.25) is 0 Å². The maximum absolute atomic E-state index is 5.32. The monoisotopic (exact) mass is 176 g/mol. The van der Waals surface area contributed by atoms with Crippen molar-refractivity contribution in [3.63, 3.8) is 0 Å². The summed E-state index contributed by atoms with van der Waals surface area (Å²) < 4.78 is 5.23. The zero-order valence-electron chi connectivity index (χ0n) is 6.79. The number of nitrogens with zero attached hydrogens (tertiary/aromatic N) is 1. The normalized spacial score (nSPS) is 20.5. The minimum Gasteiger partial charge on any atom is -0.379 e. The van der Waals surface area contributed by atoms with E-state index in [1.807, 2.05) is 0 Å². The van der Waals surface area contributed by atoms with Gasteiger partial charge in [0.05, 0.1) is 13.2 Å². The lowest BCUT2D eigenvalue weighted by Gasteiger charge is -2.26. The van der Waals surface area contributed by atoms with Crippen LogP contribution in [-0.2, 0) is 4.74 Å². The predicted molar refractivity (Wildman–Crippen MR) is 48.5 cm³/mol. The Hall–Kier alpha value is 0.230. The SMILES string of the molecule is NSCCCN1CCOCC1. The molecule has 1 aliphatic heterocycles. The molecule has 0 aromatic heterocycles. The smallest absolute Gasteiger partial charge is 0.0594 e. The van der Waals surface area contributed by atoms with E-state index in [1.165, 1.54) is 24.9 Å². The molecular weight excluding hydrogens is 160 g/mol. The minimum absolute atomic E-state index is 0.899. The predicted octanol–water partition coefficient (Wildman–Crippen LogP) is 0.316. The van der Waals surface area contributed by atoms with Crippen LogP contribution in [0.15, 0.2) is 0 Å². The van der Waals surface area contributed by atoms with Crippen molar-refractivity contribution in [1.29, 1.82) is 0 Å². The highest BCUT2D eigenvalue weighted by molar-refractivity contribution is 7.97. The molecule has 0 bridgehead atoms. The van der Waals surface area contributed by atoms with Crippen LogP contribution >= 0.6 is 11.9 Å². The second-order valence-electron chi connectivity index (χ2n) is 2.68. The molecule has 0 aliphatic carbocycles. The highest BCUT2D eigenvalue weighted by Crippen LogP contribution is 1.99. The van der Waals surface area contributed by atoms with E-state index in [0.29, 0.717) is 0 Å². The van der Waals surface area contributed by atoms with Gasteiger partial charge in [-0.05, 0) is 13.0 Å². The lowest BCUT2D eigenvalue weighted by Crippen LogP contribution is -2.37. The van der Waals surface area contributed by atoms with Gasteiger partial charge in [0.1, 0.15) is 0 Å². The van der Waals surface area contributed by atoms with Crippen molar-refractivity contribution in [2.24, 2.45) is 5.14 Å². The van der Waals surface area contributed by atoms with Gasteiger partial charge in [0, 0.05) is 18.8 Å². The van der Waals surface area contributed by atoms with Crippen molar-refractivity contribution >= 4 is 11.9 Å². The van der Waals surface area contributed by atoms with Crippen molar-refractivity contribution in [1.82, 2.24) is 4.90 Å². The summed E-state index contributed by atoms with van der Waals surface area (Å²) in [7, 11) is 0. The first-order chi connectivity index (χ1) is 5.43. The van der Waals surface area contributed by atoms with Crippen molar-refractivity contribution < 1.29 is 4.74 Å². The number of rotatable bonds is 4. The molecule has 1 saturated heterocycles. The number of hydrogen-bond acceptors (Lipinski definition) is 4. The lowest BCUT2D eigenvalue weighted by molar-refractivity contribution is 0.0381. The van der Waals surface area contributed by atoms with E-state index in [1.54, 1.807) is 0 Å². The van der Waals surface area contributed by atoms with Gasteiger partial charge in [0.25, 0.3) is 0 Å². The Morgan fingerprint density at radius 1 is 1.36 bits per heavy atom. The molecule has 1 rings (SSSR count). The quantitative estimate of drug-likeness (QED) is 0.494. The summed E-state index contributed by atoms with van der Waals surface area (Å²) in [5.74, 6) is 1.07. The first-order valence-corrected chi connectivity index (χ1v) is 5.10. The maximum atomic E-state index is 5.32. The van der Waals surface area contributed by atoms with Crippen molar-refractivity contribution in [3.8, 4) is 0 Å². The summed E-state index contributed by atoms with van der Waals surface area (Å²) in [4.78, 5) is 2.43. The molecule has 0 amide bonds. The zero-order chi connectivity index (χ0) is 7.94. The van der Waals surface area contributed by atoms with E-state index in [0.717, 1.165) is 32.1 Å². The Balaban J connectivity index is 1.96. The van der Waals surface area contributed by atoms with Gasteiger partial charge < -0.3 is 4.74 Å². The Kier molecular flexibility index (Phi) is 4.94. The molecule has 1 fully saturated rings. The molecule has 2 N–H and O–H groups in total. The summed E-state index contributed by atoms with van der Waals surface area (Å²) in [6.07, 6.45) is 1.20. The van der Waals surface area contributed by atoms with Crippen LogP contribution in [-0.4, -0.2) is 43.5 Å². The molecule has 11 heavy (non-hydrogen) atoms. The average Bonchev–Trinajstić information content (AvgIpc) is 2.07. The summed E-state index contributed by atoms with van der Waals surface area (Å²) >= 11 is 1.43. The van der Waals surface area contributed by atoms with Crippen LogP contribution in [0.2, 0.25) is 0 Å². The molecule has 0 atom stereocenters. The Morgan fingerprint density at radius 2 is 2.09 bits per heavy atom. The highest BCUT2D eigenvalue weighted by atomic mass is 32.2. The molecule has 1 heterocycles. The molecule has 66 valence electrons. The third-order valence-corrected chi connectivity index (χ3v) is 2.36. The largest absolute Gasteiger partial charge is 0.379 e. The Labute approximate surface area is 72.4 Å².